The highest BCUT2D eigenvalue weighted by molar-refractivity contribution is 5.96. The summed E-state index contributed by atoms with van der Waals surface area (Å²) in [5.41, 5.74) is -0.346. The number of carbonyl (C=O) groups excluding carboxylic acids is 1. The number of hydrogen-bond acceptors (Lipinski definition) is 1. The molecule has 0 N–H and O–H groups in total. The first kappa shape index (κ1) is 12.7. The average Bonchev–Trinajstić information content (AvgIpc) is 2.26. The number of hydrogen-bond donors (Lipinski definition) is 0. The van der Waals surface area contributed by atoms with Crippen LogP contribution in [0.25, 0.3) is 0 Å². The lowest BCUT2D eigenvalue weighted by molar-refractivity contribution is -0.138. The van der Waals surface area contributed by atoms with Crippen molar-refractivity contribution in [3.63, 3.8) is 0 Å². The Bertz CT molecular complexity index is 394. The number of carbonyl (C=O) groups is 1. The molecule has 0 fully saturated rings. The number of halogens is 3. The third-order valence-corrected chi connectivity index (χ3v) is 2.44. The molecule has 0 aliphatic heterocycles. The van der Waals surface area contributed by atoms with Gasteiger partial charge in [0.05, 0.1) is 5.56 Å². The molecule has 1 aromatic rings. The van der Waals surface area contributed by atoms with Crippen molar-refractivity contribution in [3.8, 4) is 0 Å². The average molecular weight is 230 g/mol. The standard InChI is InChI=1S/C12H13F3O/c1-3-8-5-6-9(11(16)4-2)7-10(8)12(13,14)15/h5-7H,3-4H2,1-2H3. The van der Waals surface area contributed by atoms with E-state index >= 15 is 0 Å². The molecule has 0 heterocycles. The maximum Gasteiger partial charge on any atom is 0.416 e. The van der Waals surface area contributed by atoms with Gasteiger partial charge in [-0.3, -0.25) is 4.79 Å². The van der Waals surface area contributed by atoms with E-state index in [4.69, 9.17) is 0 Å². The Balaban J connectivity index is 3.27. The smallest absolute Gasteiger partial charge is 0.294 e. The van der Waals surface area contributed by atoms with Gasteiger partial charge in [-0.2, -0.15) is 13.2 Å². The zero-order chi connectivity index (χ0) is 12.3. The van der Waals surface area contributed by atoms with E-state index in [1.54, 1.807) is 13.8 Å². The van der Waals surface area contributed by atoms with Crippen molar-refractivity contribution in [2.45, 2.75) is 32.9 Å². The van der Waals surface area contributed by atoms with Crippen LogP contribution in [0.5, 0.6) is 0 Å². The predicted molar refractivity (Wildman–Crippen MR) is 55.4 cm³/mol. The summed E-state index contributed by atoms with van der Waals surface area (Å²) in [5.74, 6) is -0.270. The van der Waals surface area contributed by atoms with Crippen LogP contribution in [0.1, 0.15) is 41.8 Å². The molecule has 0 bridgehead atoms. The molecule has 0 saturated heterocycles. The Kier molecular flexibility index (Phi) is 3.73. The van der Waals surface area contributed by atoms with E-state index in [1.165, 1.54) is 12.1 Å². The predicted octanol–water partition coefficient (Wildman–Crippen LogP) is 3.86. The van der Waals surface area contributed by atoms with Gasteiger partial charge in [0.25, 0.3) is 0 Å². The first-order chi connectivity index (χ1) is 7.40. The molecule has 0 radical (unpaired) electrons. The van der Waals surface area contributed by atoms with Crippen molar-refractivity contribution < 1.29 is 18.0 Å². The third kappa shape index (κ3) is 2.62. The molecule has 88 valence electrons. The molecule has 0 aromatic heterocycles. The van der Waals surface area contributed by atoms with Crippen molar-refractivity contribution in [2.24, 2.45) is 0 Å². The summed E-state index contributed by atoms with van der Waals surface area (Å²) in [6.07, 6.45) is -3.88. The molecule has 0 saturated carbocycles. The van der Waals surface area contributed by atoms with Gasteiger partial charge in [-0.05, 0) is 18.1 Å². The Morgan fingerprint density at radius 3 is 2.31 bits per heavy atom. The maximum absolute atomic E-state index is 12.7. The van der Waals surface area contributed by atoms with Gasteiger partial charge < -0.3 is 0 Å². The molecular weight excluding hydrogens is 217 g/mol. The van der Waals surface area contributed by atoms with E-state index < -0.39 is 11.7 Å². The Hall–Kier alpha value is -1.32. The van der Waals surface area contributed by atoms with Crippen LogP contribution in [0.4, 0.5) is 13.2 Å². The van der Waals surface area contributed by atoms with Gasteiger partial charge in [-0.15, -0.1) is 0 Å². The Labute approximate surface area is 92.3 Å². The van der Waals surface area contributed by atoms with Crippen molar-refractivity contribution in [1.82, 2.24) is 0 Å². The monoisotopic (exact) mass is 230 g/mol. The molecular formula is C12H13F3O. The maximum atomic E-state index is 12.7. The highest BCUT2D eigenvalue weighted by Crippen LogP contribution is 2.33. The van der Waals surface area contributed by atoms with E-state index in [2.05, 4.69) is 0 Å². The minimum Gasteiger partial charge on any atom is -0.294 e. The quantitative estimate of drug-likeness (QED) is 0.720. The summed E-state index contributed by atoms with van der Waals surface area (Å²) in [6, 6.07) is 3.79. The van der Waals surface area contributed by atoms with Crippen molar-refractivity contribution >= 4 is 5.78 Å². The minimum atomic E-state index is -4.39. The number of benzene rings is 1. The van der Waals surface area contributed by atoms with Crippen LogP contribution in [-0.4, -0.2) is 5.78 Å². The molecule has 0 spiro atoms. The first-order valence-electron chi connectivity index (χ1n) is 5.13. The van der Waals surface area contributed by atoms with E-state index in [1.807, 2.05) is 0 Å². The molecule has 1 rings (SSSR count). The lowest BCUT2D eigenvalue weighted by Crippen LogP contribution is -2.11. The molecule has 0 amide bonds. The van der Waals surface area contributed by atoms with Gasteiger partial charge in [0.15, 0.2) is 5.78 Å². The zero-order valence-electron chi connectivity index (χ0n) is 9.19. The molecule has 0 aliphatic rings. The summed E-state index contributed by atoms with van der Waals surface area (Å²) < 4.78 is 38.0. The van der Waals surface area contributed by atoms with E-state index in [9.17, 15) is 18.0 Å². The highest BCUT2D eigenvalue weighted by atomic mass is 19.4. The fourth-order valence-corrected chi connectivity index (χ4v) is 1.53. The fraction of sp³-hybridized carbons (Fsp3) is 0.417. The summed E-state index contributed by atoms with van der Waals surface area (Å²) >= 11 is 0. The van der Waals surface area contributed by atoms with Crippen LogP contribution in [0.3, 0.4) is 0 Å². The normalized spacial score (nSPS) is 11.6. The summed E-state index contributed by atoms with van der Waals surface area (Å²) in [6.45, 7) is 3.29. The molecule has 1 nitrogen and oxygen atoms in total. The lowest BCUT2D eigenvalue weighted by atomic mass is 9.99. The molecule has 4 heteroatoms. The first-order valence-corrected chi connectivity index (χ1v) is 5.13. The van der Waals surface area contributed by atoms with Crippen molar-refractivity contribution in [2.75, 3.05) is 0 Å². The van der Waals surface area contributed by atoms with Gasteiger partial charge in [0, 0.05) is 12.0 Å². The molecule has 0 aliphatic carbocycles. The Morgan fingerprint density at radius 2 is 1.88 bits per heavy atom. The van der Waals surface area contributed by atoms with Crippen molar-refractivity contribution in [3.05, 3.63) is 34.9 Å². The van der Waals surface area contributed by atoms with Crippen LogP contribution in [0.15, 0.2) is 18.2 Å². The summed E-state index contributed by atoms with van der Waals surface area (Å²) in [5, 5.41) is 0. The van der Waals surface area contributed by atoms with Crippen molar-refractivity contribution in [1.29, 1.82) is 0 Å². The van der Waals surface area contributed by atoms with E-state index in [0.717, 1.165) is 6.07 Å². The number of ketones is 1. The van der Waals surface area contributed by atoms with Gasteiger partial charge >= 0.3 is 6.18 Å². The minimum absolute atomic E-state index is 0.132. The molecule has 0 atom stereocenters. The van der Waals surface area contributed by atoms with Crippen LogP contribution in [0.2, 0.25) is 0 Å². The third-order valence-electron chi connectivity index (χ3n) is 2.44. The highest BCUT2D eigenvalue weighted by Gasteiger charge is 2.33. The van der Waals surface area contributed by atoms with Gasteiger partial charge in [-0.25, -0.2) is 0 Å². The number of aryl methyl sites for hydroxylation is 1. The topological polar surface area (TPSA) is 17.1 Å². The zero-order valence-corrected chi connectivity index (χ0v) is 9.19. The van der Waals surface area contributed by atoms with Gasteiger partial charge in [0.2, 0.25) is 0 Å². The molecule has 0 unspecified atom stereocenters. The largest absolute Gasteiger partial charge is 0.416 e. The van der Waals surface area contributed by atoms with Crippen LogP contribution < -0.4 is 0 Å². The second kappa shape index (κ2) is 4.68. The van der Waals surface area contributed by atoms with Crippen LogP contribution in [0, 0.1) is 0 Å². The number of alkyl halides is 3. The van der Waals surface area contributed by atoms with Crippen LogP contribution in [-0.2, 0) is 12.6 Å². The Morgan fingerprint density at radius 1 is 1.25 bits per heavy atom. The molecule has 16 heavy (non-hydrogen) atoms. The van der Waals surface area contributed by atoms with Gasteiger partial charge in [-0.1, -0.05) is 26.0 Å². The number of rotatable bonds is 3. The fourth-order valence-electron chi connectivity index (χ4n) is 1.53. The summed E-state index contributed by atoms with van der Waals surface area (Å²) in [7, 11) is 0. The van der Waals surface area contributed by atoms with E-state index in [0.29, 0.717) is 6.42 Å². The van der Waals surface area contributed by atoms with Crippen LogP contribution >= 0.6 is 0 Å². The molecule has 1 aromatic carbocycles. The van der Waals surface area contributed by atoms with Gasteiger partial charge in [0.1, 0.15) is 0 Å². The lowest BCUT2D eigenvalue weighted by Gasteiger charge is -2.12. The van der Waals surface area contributed by atoms with E-state index in [-0.39, 0.29) is 23.3 Å². The SMILES string of the molecule is CCC(=O)c1ccc(CC)c(C(F)(F)F)c1. The summed E-state index contributed by atoms with van der Waals surface area (Å²) in [4.78, 5) is 11.3. The number of Topliss-reactive ketones (excluding diaryl/α,β-unsaturated/α-hetero) is 1. The second-order valence-electron chi connectivity index (χ2n) is 3.50. The second-order valence-corrected chi connectivity index (χ2v) is 3.50.